The second-order valence-corrected chi connectivity index (χ2v) is 5.96. The van der Waals surface area contributed by atoms with Crippen molar-refractivity contribution in [1.29, 1.82) is 0 Å². The molecule has 0 spiro atoms. The van der Waals surface area contributed by atoms with E-state index in [9.17, 15) is 14.7 Å². The van der Waals surface area contributed by atoms with E-state index in [2.05, 4.69) is 10.6 Å². The number of benzene rings is 1. The molecular formula is C18H20N2O3. The molecule has 120 valence electrons. The smallest absolute Gasteiger partial charge is 0.243 e. The molecule has 5 heteroatoms. The van der Waals surface area contributed by atoms with Crippen LogP contribution in [0.2, 0.25) is 0 Å². The Morgan fingerprint density at radius 1 is 1.00 bits per heavy atom. The zero-order chi connectivity index (χ0) is 16.2. The summed E-state index contributed by atoms with van der Waals surface area (Å²) in [6.45, 7) is 0. The van der Waals surface area contributed by atoms with Gasteiger partial charge in [-0.1, -0.05) is 48.6 Å². The Kier molecular flexibility index (Phi) is 4.57. The maximum absolute atomic E-state index is 12.3. The first-order valence-corrected chi connectivity index (χ1v) is 7.82. The molecule has 1 fully saturated rings. The molecule has 0 radical (unpaired) electrons. The summed E-state index contributed by atoms with van der Waals surface area (Å²) in [7, 11) is 0. The minimum absolute atomic E-state index is 0.154. The Balaban J connectivity index is 1.60. The van der Waals surface area contributed by atoms with Gasteiger partial charge in [0.05, 0.1) is 6.10 Å². The van der Waals surface area contributed by atoms with Gasteiger partial charge in [-0.25, -0.2) is 0 Å². The van der Waals surface area contributed by atoms with Crippen LogP contribution in [0, 0.1) is 0 Å². The summed E-state index contributed by atoms with van der Waals surface area (Å²) < 4.78 is 0. The summed E-state index contributed by atoms with van der Waals surface area (Å²) in [6, 6.07) is 8.54. The van der Waals surface area contributed by atoms with E-state index in [1.807, 2.05) is 42.5 Å². The molecule has 0 saturated carbocycles. The fourth-order valence-corrected chi connectivity index (χ4v) is 2.85. The highest BCUT2D eigenvalue weighted by Crippen LogP contribution is 2.17. The fraction of sp³-hybridized carbons (Fsp3) is 0.333. The topological polar surface area (TPSA) is 78.4 Å². The van der Waals surface area contributed by atoms with E-state index in [-0.39, 0.29) is 11.8 Å². The predicted molar refractivity (Wildman–Crippen MR) is 86.5 cm³/mol. The Morgan fingerprint density at radius 2 is 1.65 bits per heavy atom. The fourth-order valence-electron chi connectivity index (χ4n) is 2.85. The average molecular weight is 312 g/mol. The number of nitrogens with one attached hydrogen (secondary N) is 2. The minimum Gasteiger partial charge on any atom is -0.389 e. The van der Waals surface area contributed by atoms with Crippen molar-refractivity contribution in [2.24, 2.45) is 0 Å². The Bertz CT molecular complexity index is 651. The SMILES string of the molecule is O=C1NC(Cc2ccccc2)C(=O)NC1CC1=CCC(O)C=C1. The number of piperazine rings is 1. The molecule has 2 aliphatic rings. The number of hydrogen-bond donors (Lipinski definition) is 3. The van der Waals surface area contributed by atoms with Crippen molar-refractivity contribution in [2.75, 3.05) is 0 Å². The van der Waals surface area contributed by atoms with Gasteiger partial charge in [0.25, 0.3) is 0 Å². The zero-order valence-corrected chi connectivity index (χ0v) is 12.7. The molecule has 23 heavy (non-hydrogen) atoms. The van der Waals surface area contributed by atoms with Crippen LogP contribution in [0.15, 0.2) is 54.1 Å². The summed E-state index contributed by atoms with van der Waals surface area (Å²) in [6.07, 6.45) is 6.44. The number of rotatable bonds is 4. The van der Waals surface area contributed by atoms with Crippen molar-refractivity contribution in [3.05, 3.63) is 59.7 Å². The largest absolute Gasteiger partial charge is 0.389 e. The van der Waals surface area contributed by atoms with Gasteiger partial charge in [0.2, 0.25) is 11.8 Å². The van der Waals surface area contributed by atoms with Gasteiger partial charge in [-0.15, -0.1) is 0 Å². The minimum atomic E-state index is -0.555. The quantitative estimate of drug-likeness (QED) is 0.771. The predicted octanol–water partition coefficient (Wildman–Crippen LogP) is 0.850. The van der Waals surface area contributed by atoms with E-state index in [1.54, 1.807) is 6.08 Å². The van der Waals surface area contributed by atoms with Gasteiger partial charge in [0, 0.05) is 12.8 Å². The maximum Gasteiger partial charge on any atom is 0.243 e. The van der Waals surface area contributed by atoms with Crippen LogP contribution >= 0.6 is 0 Å². The van der Waals surface area contributed by atoms with Crippen molar-refractivity contribution < 1.29 is 14.7 Å². The van der Waals surface area contributed by atoms with Crippen LogP contribution < -0.4 is 10.6 Å². The molecule has 1 aliphatic heterocycles. The summed E-state index contributed by atoms with van der Waals surface area (Å²) in [5, 5.41) is 15.0. The molecule has 3 unspecified atom stereocenters. The Morgan fingerprint density at radius 3 is 2.26 bits per heavy atom. The Hall–Kier alpha value is -2.40. The van der Waals surface area contributed by atoms with Crippen LogP contribution in [-0.4, -0.2) is 35.1 Å². The molecule has 1 aromatic rings. The molecule has 1 saturated heterocycles. The van der Waals surface area contributed by atoms with Crippen molar-refractivity contribution in [3.8, 4) is 0 Å². The molecule has 0 bridgehead atoms. The highest BCUT2D eigenvalue weighted by Gasteiger charge is 2.33. The van der Waals surface area contributed by atoms with E-state index < -0.39 is 18.2 Å². The molecule has 0 aromatic heterocycles. The van der Waals surface area contributed by atoms with Gasteiger partial charge in [0.15, 0.2) is 0 Å². The van der Waals surface area contributed by atoms with Crippen molar-refractivity contribution >= 4 is 11.8 Å². The summed E-state index contributed by atoms with van der Waals surface area (Å²) >= 11 is 0. The van der Waals surface area contributed by atoms with E-state index in [1.165, 1.54) is 0 Å². The molecular weight excluding hydrogens is 292 g/mol. The molecule has 1 aromatic carbocycles. The Labute approximate surface area is 135 Å². The number of aliphatic hydroxyl groups is 1. The molecule has 5 nitrogen and oxygen atoms in total. The lowest BCUT2D eigenvalue weighted by molar-refractivity contribution is -0.136. The molecule has 3 atom stereocenters. The number of allylic oxidation sites excluding steroid dienone is 1. The van der Waals surface area contributed by atoms with Crippen LogP contribution in [0.5, 0.6) is 0 Å². The standard InChI is InChI=1S/C18H20N2O3/c21-14-8-6-13(7-9-14)11-16-18(23)19-15(17(22)20-16)10-12-4-2-1-3-5-12/h1-8,14-16,21H,9-11H2,(H,19,23)(H,20,22). The number of carbonyl (C=O) groups excluding carboxylic acids is 2. The van der Waals surface area contributed by atoms with Crippen molar-refractivity contribution in [1.82, 2.24) is 10.6 Å². The third-order valence-electron chi connectivity index (χ3n) is 4.14. The first-order chi connectivity index (χ1) is 11.1. The number of amides is 2. The van der Waals surface area contributed by atoms with Crippen LogP contribution in [-0.2, 0) is 16.0 Å². The van der Waals surface area contributed by atoms with Crippen molar-refractivity contribution in [3.63, 3.8) is 0 Å². The van der Waals surface area contributed by atoms with Gasteiger partial charge in [-0.3, -0.25) is 9.59 Å². The van der Waals surface area contributed by atoms with Crippen molar-refractivity contribution in [2.45, 2.75) is 37.5 Å². The highest BCUT2D eigenvalue weighted by molar-refractivity contribution is 5.97. The summed E-state index contributed by atoms with van der Waals surface area (Å²) in [4.78, 5) is 24.5. The van der Waals surface area contributed by atoms with Crippen LogP contribution in [0.3, 0.4) is 0 Å². The second-order valence-electron chi connectivity index (χ2n) is 5.96. The second kappa shape index (κ2) is 6.79. The lowest BCUT2D eigenvalue weighted by atomic mass is 9.95. The van der Waals surface area contributed by atoms with Gasteiger partial charge in [-0.2, -0.15) is 0 Å². The molecule has 1 heterocycles. The molecule has 2 amide bonds. The molecule has 1 aliphatic carbocycles. The zero-order valence-electron chi connectivity index (χ0n) is 12.7. The van der Waals surface area contributed by atoms with Gasteiger partial charge < -0.3 is 15.7 Å². The van der Waals surface area contributed by atoms with E-state index >= 15 is 0 Å². The lowest BCUT2D eigenvalue weighted by Crippen LogP contribution is -2.62. The van der Waals surface area contributed by atoms with Gasteiger partial charge in [-0.05, 0) is 17.6 Å². The normalized spacial score (nSPS) is 27.2. The third kappa shape index (κ3) is 3.87. The van der Waals surface area contributed by atoms with E-state index in [0.29, 0.717) is 19.3 Å². The number of hydrogen-bond acceptors (Lipinski definition) is 3. The number of aliphatic hydroxyl groups excluding tert-OH is 1. The molecule has 3 N–H and O–H groups in total. The maximum atomic E-state index is 12.3. The van der Waals surface area contributed by atoms with Gasteiger partial charge >= 0.3 is 0 Å². The first-order valence-electron chi connectivity index (χ1n) is 7.82. The lowest BCUT2D eigenvalue weighted by Gasteiger charge is -2.30. The summed E-state index contributed by atoms with van der Waals surface area (Å²) in [5.41, 5.74) is 1.97. The van der Waals surface area contributed by atoms with Gasteiger partial charge in [0.1, 0.15) is 12.1 Å². The number of carbonyl (C=O) groups is 2. The van der Waals surface area contributed by atoms with Crippen LogP contribution in [0.4, 0.5) is 0 Å². The third-order valence-corrected chi connectivity index (χ3v) is 4.14. The monoisotopic (exact) mass is 312 g/mol. The summed E-state index contributed by atoms with van der Waals surface area (Å²) in [5.74, 6) is -0.315. The van der Waals surface area contributed by atoms with E-state index in [4.69, 9.17) is 0 Å². The van der Waals surface area contributed by atoms with Crippen LogP contribution in [0.25, 0.3) is 0 Å². The first kappa shape index (κ1) is 15.5. The van der Waals surface area contributed by atoms with E-state index in [0.717, 1.165) is 11.1 Å². The highest BCUT2D eigenvalue weighted by atomic mass is 16.3. The molecule has 3 rings (SSSR count). The average Bonchev–Trinajstić information content (AvgIpc) is 2.55. The van der Waals surface area contributed by atoms with Crippen LogP contribution in [0.1, 0.15) is 18.4 Å².